The zero-order valence-corrected chi connectivity index (χ0v) is 20.0. The molecule has 4 aromatic rings. The van der Waals surface area contributed by atoms with Gasteiger partial charge in [0.25, 0.3) is 5.78 Å². The molecule has 1 unspecified atom stereocenters. The van der Waals surface area contributed by atoms with Crippen LogP contribution in [0.4, 0.5) is 5.13 Å². The van der Waals surface area contributed by atoms with Crippen molar-refractivity contribution < 1.29 is 28.9 Å². The summed E-state index contributed by atoms with van der Waals surface area (Å²) in [7, 11) is 1.58. The number of aliphatic hydroxyl groups excluding tert-OH is 1. The van der Waals surface area contributed by atoms with Gasteiger partial charge in [0, 0.05) is 10.4 Å². The van der Waals surface area contributed by atoms with Crippen molar-refractivity contribution in [1.29, 1.82) is 0 Å². The lowest BCUT2D eigenvalue weighted by Gasteiger charge is -2.22. The predicted molar refractivity (Wildman–Crippen MR) is 133 cm³/mol. The fourth-order valence-corrected chi connectivity index (χ4v) is 6.06. The number of carbonyl (C=O) groups is 2. The minimum absolute atomic E-state index is 0.00552. The SMILES string of the molecule is COc1ccc2nc(N3C(=O)C(=O)C(=C(O)c4ccc5c(c4)OCCO5)C3c3cccs3)sc2c1. The van der Waals surface area contributed by atoms with E-state index in [1.807, 2.05) is 23.6 Å². The summed E-state index contributed by atoms with van der Waals surface area (Å²) in [6.07, 6.45) is 0. The third-order valence-corrected chi connectivity index (χ3v) is 7.81. The quantitative estimate of drug-likeness (QED) is 0.242. The van der Waals surface area contributed by atoms with Gasteiger partial charge in [0.05, 0.1) is 22.9 Å². The molecule has 8 nitrogen and oxygen atoms in total. The van der Waals surface area contributed by atoms with E-state index in [-0.39, 0.29) is 11.3 Å². The van der Waals surface area contributed by atoms with E-state index in [2.05, 4.69) is 4.98 Å². The van der Waals surface area contributed by atoms with Gasteiger partial charge in [0.1, 0.15) is 30.8 Å². The summed E-state index contributed by atoms with van der Waals surface area (Å²) in [5.74, 6) is -0.0800. The van der Waals surface area contributed by atoms with Crippen LogP contribution < -0.4 is 19.1 Å². The second-order valence-corrected chi connectivity index (χ2v) is 9.86. The number of anilines is 1. The molecule has 0 saturated carbocycles. The minimum Gasteiger partial charge on any atom is -0.507 e. The number of nitrogens with zero attached hydrogens (tertiary/aromatic N) is 2. The first-order chi connectivity index (χ1) is 17.0. The maximum Gasteiger partial charge on any atom is 0.301 e. The number of aromatic nitrogens is 1. The Morgan fingerprint density at radius 3 is 2.71 bits per heavy atom. The Balaban J connectivity index is 1.50. The fourth-order valence-electron chi connectivity index (χ4n) is 4.21. The number of hydrogen-bond acceptors (Lipinski definition) is 9. The first-order valence-corrected chi connectivity index (χ1v) is 12.4. The summed E-state index contributed by atoms with van der Waals surface area (Å²) in [6, 6.07) is 13.2. The molecule has 0 radical (unpaired) electrons. The van der Waals surface area contributed by atoms with Gasteiger partial charge in [-0.1, -0.05) is 17.4 Å². The molecule has 2 aliphatic rings. The van der Waals surface area contributed by atoms with Crippen molar-refractivity contribution in [2.45, 2.75) is 6.04 Å². The van der Waals surface area contributed by atoms with Gasteiger partial charge in [-0.2, -0.15) is 0 Å². The topological polar surface area (TPSA) is 98.2 Å². The average Bonchev–Trinajstić information content (AvgIpc) is 3.61. The number of ketones is 1. The summed E-state index contributed by atoms with van der Waals surface area (Å²) < 4.78 is 17.3. The average molecular weight is 507 g/mol. The molecule has 2 aromatic carbocycles. The predicted octanol–water partition coefficient (Wildman–Crippen LogP) is 4.76. The van der Waals surface area contributed by atoms with E-state index in [0.717, 1.165) is 9.58 Å². The normalized spacial score (nSPS) is 18.9. The lowest BCUT2D eigenvalue weighted by molar-refractivity contribution is -0.132. The lowest BCUT2D eigenvalue weighted by Crippen LogP contribution is -2.28. The van der Waals surface area contributed by atoms with E-state index in [9.17, 15) is 14.7 Å². The summed E-state index contributed by atoms with van der Waals surface area (Å²) in [4.78, 5) is 33.4. The molecule has 2 aromatic heterocycles. The fraction of sp³-hybridized carbons (Fsp3) is 0.160. The zero-order valence-electron chi connectivity index (χ0n) is 18.4. The Morgan fingerprint density at radius 2 is 1.94 bits per heavy atom. The van der Waals surface area contributed by atoms with Crippen molar-refractivity contribution in [2.75, 3.05) is 25.2 Å². The highest BCUT2D eigenvalue weighted by Crippen LogP contribution is 2.46. The number of rotatable bonds is 4. The maximum atomic E-state index is 13.3. The number of Topliss-reactive ketones (excluding diaryl/α,β-unsaturated/α-hetero) is 1. The van der Waals surface area contributed by atoms with Crippen LogP contribution in [-0.2, 0) is 9.59 Å². The summed E-state index contributed by atoms with van der Waals surface area (Å²) in [6.45, 7) is 0.828. The van der Waals surface area contributed by atoms with E-state index >= 15 is 0 Å². The Bertz CT molecular complexity index is 1510. The van der Waals surface area contributed by atoms with E-state index < -0.39 is 17.7 Å². The Kier molecular flexibility index (Phi) is 5.19. The van der Waals surface area contributed by atoms with Crippen molar-refractivity contribution in [3.63, 3.8) is 0 Å². The van der Waals surface area contributed by atoms with E-state index in [4.69, 9.17) is 14.2 Å². The van der Waals surface area contributed by atoms with Gasteiger partial charge in [-0.15, -0.1) is 11.3 Å². The second-order valence-electron chi connectivity index (χ2n) is 7.87. The molecule has 0 spiro atoms. The van der Waals surface area contributed by atoms with Crippen LogP contribution in [-0.4, -0.2) is 42.1 Å². The highest BCUT2D eigenvalue weighted by Gasteiger charge is 2.48. The highest BCUT2D eigenvalue weighted by atomic mass is 32.1. The lowest BCUT2D eigenvalue weighted by atomic mass is 9.99. The van der Waals surface area contributed by atoms with Crippen molar-refractivity contribution in [2.24, 2.45) is 0 Å². The van der Waals surface area contributed by atoms with Crippen molar-refractivity contribution in [3.05, 3.63) is 69.9 Å². The van der Waals surface area contributed by atoms with Gasteiger partial charge >= 0.3 is 5.91 Å². The molecule has 35 heavy (non-hydrogen) atoms. The standard InChI is InChI=1S/C25H18N2O6S2/c1-31-14-5-6-15-19(12-14)35-25(26-15)27-21(18-3-2-10-34-18)20(23(29)24(27)30)22(28)13-4-7-16-17(11-13)33-9-8-32-16/h2-7,10-12,21,28H,8-9H2,1H3. The molecular formula is C25H18N2O6S2. The number of hydrogen-bond donors (Lipinski definition) is 1. The molecule has 1 fully saturated rings. The molecule has 0 bridgehead atoms. The molecule has 0 aliphatic carbocycles. The molecule has 4 heterocycles. The largest absolute Gasteiger partial charge is 0.507 e. The second kappa shape index (κ2) is 8.40. The van der Waals surface area contributed by atoms with Crippen molar-refractivity contribution in [3.8, 4) is 17.2 Å². The van der Waals surface area contributed by atoms with Gasteiger partial charge in [-0.3, -0.25) is 14.5 Å². The molecular weight excluding hydrogens is 488 g/mol. The minimum atomic E-state index is -0.814. The molecule has 1 saturated heterocycles. The monoisotopic (exact) mass is 506 g/mol. The van der Waals surface area contributed by atoms with Crippen LogP contribution >= 0.6 is 22.7 Å². The van der Waals surface area contributed by atoms with Gasteiger partial charge in [0.2, 0.25) is 0 Å². The van der Waals surface area contributed by atoms with Crippen LogP contribution in [0.3, 0.4) is 0 Å². The Morgan fingerprint density at radius 1 is 1.11 bits per heavy atom. The van der Waals surface area contributed by atoms with Gasteiger partial charge in [-0.05, 0) is 47.8 Å². The first-order valence-electron chi connectivity index (χ1n) is 10.7. The number of amides is 1. The number of thiophene rings is 1. The molecule has 1 amide bonds. The van der Waals surface area contributed by atoms with Crippen LogP contribution in [0.5, 0.6) is 17.2 Å². The summed E-state index contributed by atoms with van der Waals surface area (Å²) in [5, 5.41) is 13.5. The molecule has 1 N–H and O–H groups in total. The summed E-state index contributed by atoms with van der Waals surface area (Å²) in [5.41, 5.74) is 1.05. The number of fused-ring (bicyclic) bond motifs is 2. The molecule has 6 rings (SSSR count). The van der Waals surface area contributed by atoms with Crippen molar-refractivity contribution in [1.82, 2.24) is 4.98 Å². The van der Waals surface area contributed by atoms with Crippen LogP contribution in [0.25, 0.3) is 16.0 Å². The number of benzene rings is 2. The van der Waals surface area contributed by atoms with Gasteiger partial charge < -0.3 is 19.3 Å². The first kappa shape index (κ1) is 21.6. The van der Waals surface area contributed by atoms with Gasteiger partial charge in [0.15, 0.2) is 16.6 Å². The molecule has 2 aliphatic heterocycles. The van der Waals surface area contributed by atoms with E-state index in [0.29, 0.717) is 46.7 Å². The molecule has 176 valence electrons. The number of carbonyl (C=O) groups excluding carboxylic acids is 2. The molecule has 10 heteroatoms. The number of methoxy groups -OCH3 is 1. The van der Waals surface area contributed by atoms with Crippen molar-refractivity contribution >= 4 is 55.5 Å². The van der Waals surface area contributed by atoms with E-state index in [1.165, 1.54) is 27.6 Å². The number of thiazole rings is 1. The summed E-state index contributed by atoms with van der Waals surface area (Å²) >= 11 is 2.68. The zero-order chi connectivity index (χ0) is 24.1. The third-order valence-electron chi connectivity index (χ3n) is 5.86. The third kappa shape index (κ3) is 3.53. The molecule has 1 atom stereocenters. The van der Waals surface area contributed by atoms with Crippen LogP contribution in [0.2, 0.25) is 0 Å². The van der Waals surface area contributed by atoms with Crippen LogP contribution in [0, 0.1) is 0 Å². The van der Waals surface area contributed by atoms with Crippen LogP contribution in [0.1, 0.15) is 16.5 Å². The smallest absolute Gasteiger partial charge is 0.301 e. The van der Waals surface area contributed by atoms with Crippen LogP contribution in [0.15, 0.2) is 59.5 Å². The maximum absolute atomic E-state index is 13.3. The Labute approximate surface area is 207 Å². The van der Waals surface area contributed by atoms with Gasteiger partial charge in [-0.25, -0.2) is 4.98 Å². The highest BCUT2D eigenvalue weighted by molar-refractivity contribution is 7.22. The number of aliphatic hydroxyl groups is 1. The number of ether oxygens (including phenoxy) is 3. The Hall–Kier alpha value is -3.89. The van der Waals surface area contributed by atoms with E-state index in [1.54, 1.807) is 37.4 Å².